The first-order valence-corrected chi connectivity index (χ1v) is 10.8. The van der Waals surface area contributed by atoms with Gasteiger partial charge in [-0.2, -0.15) is 0 Å². The Labute approximate surface area is 168 Å². The van der Waals surface area contributed by atoms with Gasteiger partial charge >= 0.3 is 0 Å². The van der Waals surface area contributed by atoms with E-state index in [9.17, 15) is 13.2 Å². The van der Waals surface area contributed by atoms with Crippen LogP contribution in [-0.4, -0.2) is 40.1 Å². The molecule has 1 amide bonds. The predicted octanol–water partition coefficient (Wildman–Crippen LogP) is 2.16. The Balaban J connectivity index is 1.60. The van der Waals surface area contributed by atoms with Gasteiger partial charge in [-0.15, -0.1) is 0 Å². The van der Waals surface area contributed by atoms with E-state index in [4.69, 9.17) is 21.5 Å². The molecule has 0 spiro atoms. The molecule has 148 valence electrons. The SMILES string of the molecule is CC1Cc2cc(S(N)(=O)=O)ccc2N1C(=O)CN1CCOc2c(Cl)cccc21. The molecule has 0 radical (unpaired) electrons. The van der Waals surface area contributed by atoms with E-state index >= 15 is 0 Å². The number of hydrogen-bond donors (Lipinski definition) is 1. The van der Waals surface area contributed by atoms with Crippen LogP contribution in [0, 0.1) is 0 Å². The maximum absolute atomic E-state index is 13.1. The number of fused-ring (bicyclic) bond motifs is 2. The molecular weight excluding hydrogens is 402 g/mol. The Morgan fingerprint density at radius 2 is 2.07 bits per heavy atom. The minimum atomic E-state index is -3.78. The number of amides is 1. The van der Waals surface area contributed by atoms with Crippen LogP contribution >= 0.6 is 11.6 Å². The molecule has 28 heavy (non-hydrogen) atoms. The number of primary sulfonamides is 1. The molecule has 2 aliphatic rings. The third kappa shape index (κ3) is 3.32. The van der Waals surface area contributed by atoms with Crippen LogP contribution in [0.2, 0.25) is 5.02 Å². The standard InChI is InChI=1S/C19H20ClN3O4S/c1-12-9-13-10-14(28(21,25)26)5-6-16(13)23(12)18(24)11-22-7-8-27-19-15(20)3-2-4-17(19)22/h2-6,10,12H,7-9,11H2,1H3,(H2,21,25,26). The molecule has 2 N–H and O–H groups in total. The summed E-state index contributed by atoms with van der Waals surface area (Å²) in [5, 5.41) is 5.74. The first-order valence-electron chi connectivity index (χ1n) is 8.90. The first kappa shape index (κ1) is 19.0. The molecule has 2 aromatic rings. The van der Waals surface area contributed by atoms with Gasteiger partial charge in [0.15, 0.2) is 5.75 Å². The molecule has 9 heteroatoms. The fourth-order valence-electron chi connectivity index (χ4n) is 3.84. The van der Waals surface area contributed by atoms with Crippen LogP contribution in [0.3, 0.4) is 0 Å². The van der Waals surface area contributed by atoms with Crippen molar-refractivity contribution in [2.75, 3.05) is 29.5 Å². The highest BCUT2D eigenvalue weighted by Gasteiger charge is 2.33. The van der Waals surface area contributed by atoms with Crippen molar-refractivity contribution < 1.29 is 17.9 Å². The van der Waals surface area contributed by atoms with Gasteiger partial charge in [-0.25, -0.2) is 13.6 Å². The Kier molecular flexibility index (Phi) is 4.73. The van der Waals surface area contributed by atoms with Gasteiger partial charge in [0.1, 0.15) is 6.61 Å². The van der Waals surface area contributed by atoms with Crippen molar-refractivity contribution in [2.45, 2.75) is 24.3 Å². The third-order valence-electron chi connectivity index (χ3n) is 5.08. The number of benzene rings is 2. The highest BCUT2D eigenvalue weighted by Crippen LogP contribution is 2.38. The van der Waals surface area contributed by atoms with Gasteiger partial charge in [-0.05, 0) is 49.2 Å². The monoisotopic (exact) mass is 421 g/mol. The zero-order chi connectivity index (χ0) is 20.1. The number of ether oxygens (including phenoxy) is 1. The number of nitrogens with zero attached hydrogens (tertiary/aromatic N) is 2. The average molecular weight is 422 g/mol. The number of halogens is 1. The molecule has 7 nitrogen and oxygen atoms in total. The highest BCUT2D eigenvalue weighted by atomic mass is 35.5. The Morgan fingerprint density at radius 3 is 2.82 bits per heavy atom. The van der Waals surface area contributed by atoms with Crippen molar-refractivity contribution >= 4 is 38.9 Å². The van der Waals surface area contributed by atoms with E-state index in [1.165, 1.54) is 6.07 Å². The lowest BCUT2D eigenvalue weighted by molar-refractivity contribution is -0.117. The normalized spacial score (nSPS) is 18.5. The Bertz CT molecular complexity index is 1060. The second-order valence-corrected chi connectivity index (χ2v) is 8.98. The van der Waals surface area contributed by atoms with Gasteiger partial charge in [0.2, 0.25) is 15.9 Å². The summed E-state index contributed by atoms with van der Waals surface area (Å²) in [5.41, 5.74) is 2.33. The molecule has 1 unspecified atom stereocenters. The number of hydrogen-bond acceptors (Lipinski definition) is 5. The summed E-state index contributed by atoms with van der Waals surface area (Å²) in [5.74, 6) is 0.526. The summed E-state index contributed by atoms with van der Waals surface area (Å²) >= 11 is 6.21. The van der Waals surface area contributed by atoms with Crippen molar-refractivity contribution in [1.82, 2.24) is 0 Å². The van der Waals surface area contributed by atoms with E-state index in [0.29, 0.717) is 30.3 Å². The van der Waals surface area contributed by atoms with E-state index < -0.39 is 10.0 Å². The first-order chi connectivity index (χ1) is 13.3. The third-order valence-corrected chi connectivity index (χ3v) is 6.29. The molecule has 2 aromatic carbocycles. The van der Waals surface area contributed by atoms with Crippen molar-refractivity contribution in [2.24, 2.45) is 5.14 Å². The summed E-state index contributed by atoms with van der Waals surface area (Å²) in [4.78, 5) is 16.9. The van der Waals surface area contributed by atoms with Crippen molar-refractivity contribution in [3.8, 4) is 5.75 Å². The molecule has 0 saturated carbocycles. The van der Waals surface area contributed by atoms with Gasteiger partial charge in [-0.3, -0.25) is 4.79 Å². The maximum atomic E-state index is 13.1. The number of para-hydroxylation sites is 1. The molecule has 0 bridgehead atoms. The van der Waals surface area contributed by atoms with Crippen LogP contribution in [0.5, 0.6) is 5.75 Å². The van der Waals surface area contributed by atoms with Gasteiger partial charge in [0, 0.05) is 11.7 Å². The lowest BCUT2D eigenvalue weighted by atomic mass is 10.1. The maximum Gasteiger partial charge on any atom is 0.246 e. The average Bonchev–Trinajstić information content (AvgIpc) is 2.97. The van der Waals surface area contributed by atoms with E-state index in [1.807, 2.05) is 24.0 Å². The summed E-state index contributed by atoms with van der Waals surface area (Å²) in [6, 6.07) is 10.0. The fraction of sp³-hybridized carbons (Fsp3) is 0.316. The number of nitrogens with two attached hydrogens (primary N) is 1. The Morgan fingerprint density at radius 1 is 1.29 bits per heavy atom. The van der Waals surface area contributed by atoms with Gasteiger partial charge in [-0.1, -0.05) is 17.7 Å². The fourth-order valence-corrected chi connectivity index (χ4v) is 4.62. The zero-order valence-corrected chi connectivity index (χ0v) is 16.8. The van der Waals surface area contributed by atoms with Crippen LogP contribution in [-0.2, 0) is 21.2 Å². The van der Waals surface area contributed by atoms with Gasteiger partial charge in [0.05, 0.1) is 28.7 Å². The van der Waals surface area contributed by atoms with Crippen molar-refractivity contribution in [3.05, 3.63) is 47.0 Å². The quantitative estimate of drug-likeness (QED) is 0.819. The number of sulfonamides is 1. The van der Waals surface area contributed by atoms with Gasteiger partial charge < -0.3 is 14.5 Å². The zero-order valence-electron chi connectivity index (χ0n) is 15.3. The molecule has 0 aromatic heterocycles. The number of carbonyl (C=O) groups is 1. The minimum absolute atomic E-state index is 0.0597. The van der Waals surface area contributed by atoms with Crippen molar-refractivity contribution in [1.29, 1.82) is 0 Å². The number of anilines is 2. The lowest BCUT2D eigenvalue weighted by Gasteiger charge is -2.33. The molecule has 2 aliphatic heterocycles. The molecular formula is C19H20ClN3O4S. The predicted molar refractivity (Wildman–Crippen MR) is 108 cm³/mol. The summed E-state index contributed by atoms with van der Waals surface area (Å²) in [6.07, 6.45) is 0.579. The van der Waals surface area contributed by atoms with Crippen molar-refractivity contribution in [3.63, 3.8) is 0 Å². The molecule has 2 heterocycles. The highest BCUT2D eigenvalue weighted by molar-refractivity contribution is 7.89. The topological polar surface area (TPSA) is 92.9 Å². The summed E-state index contributed by atoms with van der Waals surface area (Å²) in [6.45, 7) is 3.16. The molecule has 1 atom stereocenters. The van der Waals surface area contributed by atoms with E-state index in [2.05, 4.69) is 0 Å². The summed E-state index contributed by atoms with van der Waals surface area (Å²) < 4.78 is 28.9. The molecule has 0 aliphatic carbocycles. The second-order valence-electron chi connectivity index (χ2n) is 7.01. The van der Waals surface area contributed by atoms with Crippen LogP contribution in [0.15, 0.2) is 41.3 Å². The van der Waals surface area contributed by atoms with Crippen LogP contribution in [0.4, 0.5) is 11.4 Å². The van der Waals surface area contributed by atoms with E-state index in [0.717, 1.165) is 16.9 Å². The second kappa shape index (κ2) is 6.95. The molecule has 0 fully saturated rings. The Hall–Kier alpha value is -2.29. The smallest absolute Gasteiger partial charge is 0.246 e. The summed E-state index contributed by atoms with van der Waals surface area (Å²) in [7, 11) is -3.78. The molecule has 4 rings (SSSR count). The largest absolute Gasteiger partial charge is 0.488 e. The lowest BCUT2D eigenvalue weighted by Crippen LogP contribution is -2.45. The molecule has 0 saturated heterocycles. The van der Waals surface area contributed by atoms with E-state index in [1.54, 1.807) is 23.1 Å². The van der Waals surface area contributed by atoms with Crippen LogP contribution in [0.25, 0.3) is 0 Å². The van der Waals surface area contributed by atoms with Crippen LogP contribution in [0.1, 0.15) is 12.5 Å². The van der Waals surface area contributed by atoms with Crippen LogP contribution < -0.4 is 19.7 Å². The van der Waals surface area contributed by atoms with Gasteiger partial charge in [0.25, 0.3) is 0 Å². The minimum Gasteiger partial charge on any atom is -0.488 e. The van der Waals surface area contributed by atoms with E-state index in [-0.39, 0.29) is 23.4 Å². The number of carbonyl (C=O) groups excluding carboxylic acids is 1. The number of rotatable bonds is 3.